The van der Waals surface area contributed by atoms with Gasteiger partial charge in [-0.15, -0.1) is 0 Å². The monoisotopic (exact) mass is 313 g/mol. The average Bonchev–Trinajstić information content (AvgIpc) is 2.78. The van der Waals surface area contributed by atoms with Gasteiger partial charge in [0.1, 0.15) is 0 Å². The van der Waals surface area contributed by atoms with Crippen molar-refractivity contribution in [3.05, 3.63) is 35.9 Å². The van der Waals surface area contributed by atoms with E-state index in [0.717, 1.165) is 0 Å². The van der Waals surface area contributed by atoms with Crippen molar-refractivity contribution >= 4 is 21.8 Å². The lowest BCUT2D eigenvalue weighted by atomic mass is 10.2. The lowest BCUT2D eigenvalue weighted by molar-refractivity contribution is 0.0356. The topological polar surface area (TPSA) is 49.8 Å². The van der Waals surface area contributed by atoms with E-state index < -0.39 is 0 Å². The van der Waals surface area contributed by atoms with Crippen molar-refractivity contribution in [2.45, 2.75) is 10.9 Å². The molecule has 4 nitrogen and oxygen atoms in total. The number of amides is 1. The van der Waals surface area contributed by atoms with E-state index in [2.05, 4.69) is 15.9 Å². The van der Waals surface area contributed by atoms with E-state index in [9.17, 15) is 4.79 Å². The number of halogens is 1. The second-order valence-electron chi connectivity index (χ2n) is 4.23. The molecule has 0 bridgehead atoms. The van der Waals surface area contributed by atoms with Gasteiger partial charge in [0.15, 0.2) is 0 Å². The Hall–Kier alpha value is -0.910. The van der Waals surface area contributed by atoms with Crippen molar-refractivity contribution in [3.63, 3.8) is 0 Å². The molecular formula is C13H16BrNO3. The van der Waals surface area contributed by atoms with Crippen molar-refractivity contribution in [3.8, 4) is 0 Å². The van der Waals surface area contributed by atoms with Crippen LogP contribution in [0, 0.1) is 0 Å². The molecular weight excluding hydrogens is 298 g/mol. The molecule has 5 heteroatoms. The summed E-state index contributed by atoms with van der Waals surface area (Å²) < 4.78 is 5.49. The Morgan fingerprint density at radius 1 is 1.39 bits per heavy atom. The summed E-state index contributed by atoms with van der Waals surface area (Å²) >= 11 is 3.52. The summed E-state index contributed by atoms with van der Waals surface area (Å²) in [4.78, 5) is 14.1. The molecule has 0 aromatic heterocycles. The van der Waals surface area contributed by atoms with Crippen LogP contribution in [0.25, 0.3) is 0 Å². The summed E-state index contributed by atoms with van der Waals surface area (Å²) in [6.07, 6.45) is -0.0511. The van der Waals surface area contributed by atoms with E-state index in [1.165, 1.54) is 0 Å². The molecule has 0 aliphatic carbocycles. The summed E-state index contributed by atoms with van der Waals surface area (Å²) in [6, 6.07) is 9.23. The summed E-state index contributed by atoms with van der Waals surface area (Å²) in [5, 5.41) is 8.75. The number of aliphatic hydroxyl groups excluding tert-OH is 1. The number of alkyl halides is 1. The fraction of sp³-hybridized carbons (Fsp3) is 0.462. The molecule has 98 valence electrons. The average molecular weight is 314 g/mol. The highest BCUT2D eigenvalue weighted by Gasteiger charge is 2.34. The van der Waals surface area contributed by atoms with E-state index >= 15 is 0 Å². The van der Waals surface area contributed by atoms with Crippen molar-refractivity contribution < 1.29 is 14.6 Å². The Labute approximate surface area is 115 Å². The summed E-state index contributed by atoms with van der Waals surface area (Å²) in [6.45, 7) is 1.50. The second-order valence-corrected chi connectivity index (χ2v) is 5.40. The van der Waals surface area contributed by atoms with Crippen LogP contribution in [-0.4, -0.2) is 53.1 Å². The summed E-state index contributed by atoms with van der Waals surface area (Å²) in [5.74, 6) is 0.0233. The van der Waals surface area contributed by atoms with Crippen LogP contribution in [0.3, 0.4) is 0 Å². The SMILES string of the molecule is O=C(c1ccccc1)N1C[C@H](OCCO)[C@@H](Br)C1. The van der Waals surface area contributed by atoms with Crippen molar-refractivity contribution in [1.82, 2.24) is 4.90 Å². The van der Waals surface area contributed by atoms with Gasteiger partial charge < -0.3 is 14.7 Å². The molecule has 1 aliphatic rings. The van der Waals surface area contributed by atoms with Crippen molar-refractivity contribution in [2.24, 2.45) is 0 Å². The molecule has 1 aromatic rings. The van der Waals surface area contributed by atoms with E-state index in [0.29, 0.717) is 25.3 Å². The number of aliphatic hydroxyl groups is 1. The van der Waals surface area contributed by atoms with Crippen LogP contribution >= 0.6 is 15.9 Å². The fourth-order valence-electron chi connectivity index (χ4n) is 2.02. The van der Waals surface area contributed by atoms with Gasteiger partial charge in [-0.2, -0.15) is 0 Å². The van der Waals surface area contributed by atoms with Crippen LogP contribution in [-0.2, 0) is 4.74 Å². The summed E-state index contributed by atoms with van der Waals surface area (Å²) in [7, 11) is 0. The van der Waals surface area contributed by atoms with Gasteiger partial charge in [-0.3, -0.25) is 4.79 Å². The van der Waals surface area contributed by atoms with E-state index in [1.807, 2.05) is 30.3 Å². The molecule has 1 N–H and O–H groups in total. The third kappa shape index (κ3) is 3.10. The number of hydrogen-bond acceptors (Lipinski definition) is 3. The number of benzene rings is 1. The minimum Gasteiger partial charge on any atom is -0.394 e. The maximum Gasteiger partial charge on any atom is 0.253 e. The van der Waals surface area contributed by atoms with E-state index in [-0.39, 0.29) is 23.4 Å². The maximum absolute atomic E-state index is 12.2. The highest BCUT2D eigenvalue weighted by atomic mass is 79.9. The number of rotatable bonds is 4. The zero-order valence-corrected chi connectivity index (χ0v) is 11.5. The number of ether oxygens (including phenoxy) is 1. The largest absolute Gasteiger partial charge is 0.394 e. The molecule has 1 saturated heterocycles. The molecule has 0 saturated carbocycles. The van der Waals surface area contributed by atoms with Crippen LogP contribution in [0.5, 0.6) is 0 Å². The molecule has 2 rings (SSSR count). The summed E-state index contributed by atoms with van der Waals surface area (Å²) in [5.41, 5.74) is 0.694. The van der Waals surface area contributed by atoms with E-state index in [1.54, 1.807) is 4.90 Å². The zero-order valence-electron chi connectivity index (χ0n) is 9.96. The number of nitrogens with zero attached hydrogens (tertiary/aromatic N) is 1. The fourth-order valence-corrected chi connectivity index (χ4v) is 2.69. The van der Waals surface area contributed by atoms with Gasteiger partial charge in [-0.05, 0) is 12.1 Å². The van der Waals surface area contributed by atoms with Crippen LogP contribution in [0.2, 0.25) is 0 Å². The Balaban J connectivity index is 1.97. The molecule has 0 radical (unpaired) electrons. The molecule has 0 spiro atoms. The van der Waals surface area contributed by atoms with Gasteiger partial charge in [0.25, 0.3) is 5.91 Å². The Kier molecular flexibility index (Phi) is 4.74. The molecule has 18 heavy (non-hydrogen) atoms. The van der Waals surface area contributed by atoms with E-state index in [4.69, 9.17) is 9.84 Å². The predicted molar refractivity (Wildman–Crippen MR) is 71.9 cm³/mol. The molecule has 0 unspecified atom stereocenters. The minimum absolute atomic E-state index is 0.00283. The van der Waals surface area contributed by atoms with Gasteiger partial charge in [0.05, 0.1) is 24.1 Å². The molecule has 1 fully saturated rings. The Bertz CT molecular complexity index is 398. The first-order valence-electron chi connectivity index (χ1n) is 5.93. The highest BCUT2D eigenvalue weighted by molar-refractivity contribution is 9.09. The molecule has 1 amide bonds. The number of likely N-dealkylation sites (tertiary alicyclic amines) is 1. The first-order chi connectivity index (χ1) is 8.72. The Morgan fingerprint density at radius 2 is 2.11 bits per heavy atom. The Morgan fingerprint density at radius 3 is 2.78 bits per heavy atom. The van der Waals surface area contributed by atoms with Gasteiger partial charge in [-0.25, -0.2) is 0 Å². The lowest BCUT2D eigenvalue weighted by Gasteiger charge is -2.16. The first-order valence-corrected chi connectivity index (χ1v) is 6.85. The molecule has 1 aliphatic heterocycles. The number of hydrogen-bond donors (Lipinski definition) is 1. The minimum atomic E-state index is -0.0511. The molecule has 1 heterocycles. The molecule has 2 atom stereocenters. The predicted octanol–water partition coefficient (Wildman–Crippen LogP) is 1.28. The van der Waals surface area contributed by atoms with Crippen LogP contribution in [0.15, 0.2) is 30.3 Å². The van der Waals surface area contributed by atoms with Crippen LogP contribution in [0.1, 0.15) is 10.4 Å². The third-order valence-corrected chi connectivity index (χ3v) is 3.81. The third-order valence-electron chi connectivity index (χ3n) is 2.93. The van der Waals surface area contributed by atoms with Gasteiger partial charge in [0, 0.05) is 18.7 Å². The standard InChI is InChI=1S/C13H16BrNO3/c14-11-8-15(9-12(11)18-7-6-16)13(17)10-4-2-1-3-5-10/h1-5,11-12,16H,6-9H2/t11-,12-/m0/s1. The van der Waals surface area contributed by atoms with Gasteiger partial charge in [-0.1, -0.05) is 34.1 Å². The molecule has 1 aromatic carbocycles. The van der Waals surface area contributed by atoms with Crippen LogP contribution in [0.4, 0.5) is 0 Å². The lowest BCUT2D eigenvalue weighted by Crippen LogP contribution is -2.30. The highest BCUT2D eigenvalue weighted by Crippen LogP contribution is 2.22. The number of carbonyl (C=O) groups is 1. The van der Waals surface area contributed by atoms with Crippen molar-refractivity contribution in [1.29, 1.82) is 0 Å². The first kappa shape index (κ1) is 13.5. The van der Waals surface area contributed by atoms with Crippen molar-refractivity contribution in [2.75, 3.05) is 26.3 Å². The quantitative estimate of drug-likeness (QED) is 0.852. The maximum atomic E-state index is 12.2. The van der Waals surface area contributed by atoms with Gasteiger partial charge >= 0.3 is 0 Å². The second kappa shape index (κ2) is 6.31. The van der Waals surface area contributed by atoms with Gasteiger partial charge in [0.2, 0.25) is 0 Å². The smallest absolute Gasteiger partial charge is 0.253 e. The normalized spacial score (nSPS) is 23.3. The zero-order chi connectivity index (χ0) is 13.0. The van der Waals surface area contributed by atoms with Crippen LogP contribution < -0.4 is 0 Å². The number of carbonyl (C=O) groups excluding carboxylic acids is 1.